The van der Waals surface area contributed by atoms with E-state index in [0.29, 0.717) is 12.0 Å². The summed E-state index contributed by atoms with van der Waals surface area (Å²) in [6, 6.07) is 0.391. The van der Waals surface area contributed by atoms with Gasteiger partial charge in [-0.25, -0.2) is 4.98 Å². The lowest BCUT2D eigenvalue weighted by Crippen LogP contribution is -2.37. The van der Waals surface area contributed by atoms with Gasteiger partial charge in [-0.1, -0.05) is 19.8 Å². The highest BCUT2D eigenvalue weighted by molar-refractivity contribution is 7.11. The van der Waals surface area contributed by atoms with Gasteiger partial charge >= 0.3 is 0 Å². The summed E-state index contributed by atoms with van der Waals surface area (Å²) < 4.78 is 0. The molecule has 2 nitrogen and oxygen atoms in total. The molecule has 1 aromatic rings. The third-order valence-electron chi connectivity index (χ3n) is 4.36. The second kappa shape index (κ2) is 6.16. The third kappa shape index (κ3) is 3.33. The molecule has 3 atom stereocenters. The van der Waals surface area contributed by atoms with Crippen molar-refractivity contribution in [3.63, 3.8) is 0 Å². The number of nitrogens with two attached hydrogens (primary N) is 1. The SMILES string of the molecule is CCCC1CCC(N)C(Cc2nc(C)c(C)s2)C1. The van der Waals surface area contributed by atoms with E-state index in [1.807, 2.05) is 11.3 Å². The molecule has 0 aromatic carbocycles. The molecule has 102 valence electrons. The van der Waals surface area contributed by atoms with Crippen molar-refractivity contribution in [3.05, 3.63) is 15.6 Å². The summed E-state index contributed by atoms with van der Waals surface area (Å²) in [7, 11) is 0. The Labute approximate surface area is 115 Å². The second-order valence-corrected chi connectivity index (χ2v) is 7.13. The topological polar surface area (TPSA) is 38.9 Å². The Hall–Kier alpha value is -0.410. The summed E-state index contributed by atoms with van der Waals surface area (Å²) in [4.78, 5) is 6.03. The summed E-state index contributed by atoms with van der Waals surface area (Å²) in [6.45, 7) is 6.56. The van der Waals surface area contributed by atoms with Crippen LogP contribution in [0.15, 0.2) is 0 Å². The fourth-order valence-electron chi connectivity index (χ4n) is 3.14. The molecule has 0 radical (unpaired) electrons. The first-order valence-electron chi connectivity index (χ1n) is 7.28. The predicted molar refractivity (Wildman–Crippen MR) is 79.0 cm³/mol. The lowest BCUT2D eigenvalue weighted by molar-refractivity contribution is 0.221. The van der Waals surface area contributed by atoms with Crippen LogP contribution in [0.5, 0.6) is 0 Å². The molecule has 0 bridgehead atoms. The van der Waals surface area contributed by atoms with Crippen molar-refractivity contribution in [2.75, 3.05) is 0 Å². The van der Waals surface area contributed by atoms with Crippen molar-refractivity contribution in [1.29, 1.82) is 0 Å². The summed E-state index contributed by atoms with van der Waals surface area (Å²) in [5.41, 5.74) is 7.51. The van der Waals surface area contributed by atoms with E-state index in [1.165, 1.54) is 47.7 Å². The zero-order chi connectivity index (χ0) is 13.1. The molecule has 0 spiro atoms. The average Bonchev–Trinajstić information content (AvgIpc) is 2.63. The minimum Gasteiger partial charge on any atom is -0.327 e. The number of nitrogens with zero attached hydrogens (tertiary/aromatic N) is 1. The normalized spacial score (nSPS) is 28.6. The van der Waals surface area contributed by atoms with E-state index in [4.69, 9.17) is 5.73 Å². The maximum absolute atomic E-state index is 6.31. The van der Waals surface area contributed by atoms with Crippen LogP contribution in [-0.2, 0) is 6.42 Å². The van der Waals surface area contributed by atoms with Crippen LogP contribution in [-0.4, -0.2) is 11.0 Å². The van der Waals surface area contributed by atoms with Crippen LogP contribution in [0.4, 0.5) is 0 Å². The molecule has 0 aliphatic heterocycles. The molecule has 2 N–H and O–H groups in total. The summed E-state index contributed by atoms with van der Waals surface area (Å²) in [5, 5.41) is 1.29. The fourth-order valence-corrected chi connectivity index (χ4v) is 4.17. The van der Waals surface area contributed by atoms with E-state index in [9.17, 15) is 0 Å². The van der Waals surface area contributed by atoms with E-state index < -0.39 is 0 Å². The fraction of sp³-hybridized carbons (Fsp3) is 0.800. The Balaban J connectivity index is 1.97. The molecule has 0 saturated heterocycles. The number of hydrogen-bond acceptors (Lipinski definition) is 3. The molecule has 3 heteroatoms. The average molecular weight is 266 g/mol. The Morgan fingerprint density at radius 1 is 1.33 bits per heavy atom. The molecule has 1 aliphatic carbocycles. The van der Waals surface area contributed by atoms with Crippen LogP contribution < -0.4 is 5.73 Å². The summed E-state index contributed by atoms with van der Waals surface area (Å²) in [6.07, 6.45) is 7.63. The molecule has 1 saturated carbocycles. The van der Waals surface area contributed by atoms with Crippen molar-refractivity contribution in [2.24, 2.45) is 17.6 Å². The highest BCUT2D eigenvalue weighted by Crippen LogP contribution is 2.34. The Morgan fingerprint density at radius 2 is 2.11 bits per heavy atom. The number of thiazole rings is 1. The quantitative estimate of drug-likeness (QED) is 0.899. The molecular formula is C15H26N2S. The minimum absolute atomic E-state index is 0.391. The van der Waals surface area contributed by atoms with E-state index in [1.54, 1.807) is 0 Å². The molecule has 3 unspecified atom stereocenters. The van der Waals surface area contributed by atoms with Gasteiger partial charge in [0.15, 0.2) is 0 Å². The van der Waals surface area contributed by atoms with Crippen LogP contribution in [0.3, 0.4) is 0 Å². The molecule has 18 heavy (non-hydrogen) atoms. The molecule has 0 amide bonds. The molecule has 2 rings (SSSR count). The van der Waals surface area contributed by atoms with Crippen LogP contribution in [0.25, 0.3) is 0 Å². The van der Waals surface area contributed by atoms with Gasteiger partial charge in [-0.3, -0.25) is 0 Å². The Kier molecular flexibility index (Phi) is 4.79. The van der Waals surface area contributed by atoms with Gasteiger partial charge in [-0.05, 0) is 44.9 Å². The second-order valence-electron chi connectivity index (χ2n) is 5.85. The lowest BCUT2D eigenvalue weighted by Gasteiger charge is -2.33. The first-order valence-corrected chi connectivity index (χ1v) is 8.10. The van der Waals surface area contributed by atoms with E-state index >= 15 is 0 Å². The first kappa shape index (κ1) is 14.0. The smallest absolute Gasteiger partial charge is 0.0934 e. The molecule has 1 fully saturated rings. The van der Waals surface area contributed by atoms with Crippen molar-refractivity contribution in [1.82, 2.24) is 4.98 Å². The predicted octanol–water partition coefficient (Wildman–Crippen LogP) is 3.85. The van der Waals surface area contributed by atoms with Gasteiger partial charge in [0.25, 0.3) is 0 Å². The molecule has 1 heterocycles. The monoisotopic (exact) mass is 266 g/mol. The van der Waals surface area contributed by atoms with Gasteiger partial charge in [0.05, 0.1) is 10.7 Å². The van der Waals surface area contributed by atoms with Gasteiger partial charge in [0.2, 0.25) is 0 Å². The van der Waals surface area contributed by atoms with E-state index in [2.05, 4.69) is 25.8 Å². The Morgan fingerprint density at radius 3 is 2.72 bits per heavy atom. The highest BCUT2D eigenvalue weighted by atomic mass is 32.1. The van der Waals surface area contributed by atoms with Gasteiger partial charge in [-0.2, -0.15) is 0 Å². The van der Waals surface area contributed by atoms with Crippen molar-refractivity contribution >= 4 is 11.3 Å². The van der Waals surface area contributed by atoms with Gasteiger partial charge in [0.1, 0.15) is 0 Å². The maximum Gasteiger partial charge on any atom is 0.0934 e. The summed E-state index contributed by atoms with van der Waals surface area (Å²) in [5.74, 6) is 1.56. The zero-order valence-electron chi connectivity index (χ0n) is 11.9. The zero-order valence-corrected chi connectivity index (χ0v) is 12.7. The van der Waals surface area contributed by atoms with Gasteiger partial charge in [0, 0.05) is 17.3 Å². The standard InChI is InChI=1S/C15H26N2S/c1-4-5-12-6-7-14(16)13(8-12)9-15-17-10(2)11(3)18-15/h12-14H,4-9,16H2,1-3H3. The summed E-state index contributed by atoms with van der Waals surface area (Å²) >= 11 is 1.86. The Bertz CT molecular complexity index is 366. The molecule has 1 aromatic heterocycles. The van der Waals surface area contributed by atoms with Gasteiger partial charge in [-0.15, -0.1) is 11.3 Å². The van der Waals surface area contributed by atoms with E-state index in [-0.39, 0.29) is 0 Å². The lowest BCUT2D eigenvalue weighted by atomic mass is 9.75. The van der Waals surface area contributed by atoms with Crippen LogP contribution in [0.2, 0.25) is 0 Å². The minimum atomic E-state index is 0.391. The van der Waals surface area contributed by atoms with Crippen molar-refractivity contribution < 1.29 is 0 Å². The number of hydrogen-bond donors (Lipinski definition) is 1. The van der Waals surface area contributed by atoms with Crippen molar-refractivity contribution in [2.45, 2.75) is 65.3 Å². The van der Waals surface area contributed by atoms with Crippen LogP contribution in [0.1, 0.15) is 54.6 Å². The third-order valence-corrected chi connectivity index (χ3v) is 5.45. The maximum atomic E-state index is 6.31. The molecular weight excluding hydrogens is 240 g/mol. The van der Waals surface area contributed by atoms with Crippen molar-refractivity contribution in [3.8, 4) is 0 Å². The first-order chi connectivity index (χ1) is 8.60. The number of rotatable bonds is 4. The van der Waals surface area contributed by atoms with Gasteiger partial charge < -0.3 is 5.73 Å². The van der Waals surface area contributed by atoms with E-state index in [0.717, 1.165) is 12.3 Å². The highest BCUT2D eigenvalue weighted by Gasteiger charge is 2.28. The number of aromatic nitrogens is 1. The number of aryl methyl sites for hydroxylation is 2. The largest absolute Gasteiger partial charge is 0.327 e. The molecule has 1 aliphatic rings. The van der Waals surface area contributed by atoms with Crippen LogP contribution >= 0.6 is 11.3 Å². The van der Waals surface area contributed by atoms with Crippen LogP contribution in [0, 0.1) is 25.7 Å².